The molecule has 1 unspecified atom stereocenters. The first kappa shape index (κ1) is 21.2. The molecule has 7 nitrogen and oxygen atoms in total. The zero-order valence-corrected chi connectivity index (χ0v) is 17.9. The predicted molar refractivity (Wildman–Crippen MR) is 114 cm³/mol. The molecule has 0 spiro atoms. The highest BCUT2D eigenvalue weighted by atomic mass is 32.2. The van der Waals surface area contributed by atoms with E-state index in [-0.39, 0.29) is 11.6 Å². The van der Waals surface area contributed by atoms with E-state index in [4.69, 9.17) is 0 Å². The van der Waals surface area contributed by atoms with E-state index in [0.717, 1.165) is 6.26 Å². The van der Waals surface area contributed by atoms with Gasteiger partial charge in [-0.15, -0.1) is 10.2 Å². The molecule has 3 aromatic rings. The van der Waals surface area contributed by atoms with Crippen molar-refractivity contribution < 1.29 is 17.6 Å². The second-order valence-corrected chi connectivity index (χ2v) is 10.4. The number of carbonyl (C=O) groups excluding carboxylic acids is 1. The molecule has 0 amide bonds. The summed E-state index contributed by atoms with van der Waals surface area (Å²) in [4.78, 5) is 12.6. The van der Waals surface area contributed by atoms with Gasteiger partial charge in [-0.3, -0.25) is 9.52 Å². The molecule has 0 fully saturated rings. The van der Waals surface area contributed by atoms with Gasteiger partial charge >= 0.3 is 0 Å². The van der Waals surface area contributed by atoms with Crippen LogP contribution in [0.15, 0.2) is 52.9 Å². The number of aromatic nitrogens is 2. The molecule has 2 aromatic carbocycles. The highest BCUT2D eigenvalue weighted by molar-refractivity contribution is 8.02. The Morgan fingerprint density at radius 1 is 1.07 bits per heavy atom. The fourth-order valence-electron chi connectivity index (χ4n) is 2.32. The number of ketones is 1. The summed E-state index contributed by atoms with van der Waals surface area (Å²) in [7, 11) is -3.37. The van der Waals surface area contributed by atoms with Gasteiger partial charge in [0.05, 0.1) is 11.5 Å². The standard InChI is InChI=1S/C18H17FN4O3S3/c1-11(16(24)12-3-7-15(8-4-12)23-29(2,25)26)27-18-22-21-17(28-18)20-14-9-5-13(19)6-10-14/h3-11,23H,1-2H3,(H,20,21). The summed E-state index contributed by atoms with van der Waals surface area (Å²) in [5.74, 6) is -0.430. The van der Waals surface area contributed by atoms with Crippen LogP contribution in [0.1, 0.15) is 17.3 Å². The molecule has 0 aliphatic carbocycles. The van der Waals surface area contributed by atoms with Crippen LogP contribution in [0.3, 0.4) is 0 Å². The molecule has 0 radical (unpaired) electrons. The van der Waals surface area contributed by atoms with Gasteiger partial charge in [-0.05, 0) is 55.5 Å². The average molecular weight is 453 g/mol. The van der Waals surface area contributed by atoms with Crippen LogP contribution in [0.4, 0.5) is 20.9 Å². The summed E-state index contributed by atoms with van der Waals surface area (Å²) in [5.41, 5.74) is 1.55. The number of Topliss-reactive ketones (excluding diaryl/α,β-unsaturated/α-hetero) is 1. The molecule has 29 heavy (non-hydrogen) atoms. The normalized spacial score (nSPS) is 12.4. The highest BCUT2D eigenvalue weighted by Gasteiger charge is 2.19. The van der Waals surface area contributed by atoms with Gasteiger partial charge in [0, 0.05) is 16.9 Å². The fourth-order valence-corrected chi connectivity index (χ4v) is 4.88. The Labute approximate surface area is 175 Å². The van der Waals surface area contributed by atoms with E-state index in [0.29, 0.717) is 26.4 Å². The topological polar surface area (TPSA) is 101 Å². The molecule has 1 atom stereocenters. The molecule has 0 saturated heterocycles. The number of hydrogen-bond donors (Lipinski definition) is 2. The van der Waals surface area contributed by atoms with Crippen molar-refractivity contribution in [3.63, 3.8) is 0 Å². The second-order valence-electron chi connectivity index (χ2n) is 6.08. The number of nitrogens with zero attached hydrogens (tertiary/aromatic N) is 2. The number of thioether (sulfide) groups is 1. The van der Waals surface area contributed by atoms with Crippen molar-refractivity contribution in [3.05, 3.63) is 59.9 Å². The van der Waals surface area contributed by atoms with Crippen LogP contribution < -0.4 is 10.0 Å². The molecule has 0 bridgehead atoms. The smallest absolute Gasteiger partial charge is 0.229 e. The maximum atomic E-state index is 13.0. The van der Waals surface area contributed by atoms with Crippen LogP contribution in [0.5, 0.6) is 0 Å². The Morgan fingerprint density at radius 3 is 2.31 bits per heavy atom. The Morgan fingerprint density at radius 2 is 1.69 bits per heavy atom. The maximum Gasteiger partial charge on any atom is 0.229 e. The third kappa shape index (κ3) is 6.24. The minimum atomic E-state index is -3.37. The summed E-state index contributed by atoms with van der Waals surface area (Å²) in [6.07, 6.45) is 1.06. The first-order valence-electron chi connectivity index (χ1n) is 8.34. The number of halogens is 1. The minimum Gasteiger partial charge on any atom is -0.330 e. The van der Waals surface area contributed by atoms with Gasteiger partial charge in [-0.25, -0.2) is 12.8 Å². The van der Waals surface area contributed by atoms with E-state index in [9.17, 15) is 17.6 Å². The average Bonchev–Trinajstić information content (AvgIpc) is 3.09. The maximum absolute atomic E-state index is 13.0. The van der Waals surface area contributed by atoms with Crippen molar-refractivity contribution in [2.24, 2.45) is 0 Å². The summed E-state index contributed by atoms with van der Waals surface area (Å²) < 4.78 is 38.4. The van der Waals surface area contributed by atoms with Crippen molar-refractivity contribution in [3.8, 4) is 0 Å². The third-order valence-electron chi connectivity index (χ3n) is 3.62. The molecule has 3 rings (SSSR count). The first-order valence-corrected chi connectivity index (χ1v) is 11.9. The number of nitrogens with one attached hydrogen (secondary N) is 2. The van der Waals surface area contributed by atoms with E-state index >= 15 is 0 Å². The van der Waals surface area contributed by atoms with Gasteiger partial charge < -0.3 is 5.32 Å². The number of hydrogen-bond acceptors (Lipinski definition) is 8. The largest absolute Gasteiger partial charge is 0.330 e. The van der Waals surface area contributed by atoms with Crippen LogP contribution in [-0.4, -0.2) is 35.9 Å². The Hall–Kier alpha value is -2.50. The van der Waals surface area contributed by atoms with Crippen LogP contribution >= 0.6 is 23.1 Å². The zero-order chi connectivity index (χ0) is 21.0. The molecular formula is C18H17FN4O3S3. The van der Waals surface area contributed by atoms with Crippen molar-refractivity contribution in [2.75, 3.05) is 16.3 Å². The molecule has 1 heterocycles. The SMILES string of the molecule is CC(Sc1nnc(Nc2ccc(F)cc2)s1)C(=O)c1ccc(NS(C)(=O)=O)cc1. The molecular weight excluding hydrogens is 435 g/mol. The molecule has 0 saturated carbocycles. The number of benzene rings is 2. The second kappa shape index (κ2) is 8.89. The lowest BCUT2D eigenvalue weighted by atomic mass is 10.1. The Bertz CT molecular complexity index is 1100. The first-order chi connectivity index (χ1) is 13.7. The van der Waals surface area contributed by atoms with Crippen molar-refractivity contribution in [1.29, 1.82) is 0 Å². The molecule has 11 heteroatoms. The van der Waals surface area contributed by atoms with Crippen molar-refractivity contribution in [1.82, 2.24) is 10.2 Å². The molecule has 2 N–H and O–H groups in total. The van der Waals surface area contributed by atoms with Crippen LogP contribution in [0.2, 0.25) is 0 Å². The summed E-state index contributed by atoms with van der Waals surface area (Å²) in [6.45, 7) is 1.77. The van der Waals surface area contributed by atoms with Crippen LogP contribution in [-0.2, 0) is 10.0 Å². The zero-order valence-electron chi connectivity index (χ0n) is 15.4. The van der Waals surface area contributed by atoms with Crippen LogP contribution in [0.25, 0.3) is 0 Å². The number of sulfonamides is 1. The molecule has 152 valence electrons. The molecule has 0 aliphatic heterocycles. The van der Waals surface area contributed by atoms with Crippen molar-refractivity contribution >= 4 is 55.4 Å². The number of rotatable bonds is 8. The van der Waals surface area contributed by atoms with E-state index in [1.54, 1.807) is 43.3 Å². The lowest BCUT2D eigenvalue weighted by Crippen LogP contribution is -2.14. The van der Waals surface area contributed by atoms with Gasteiger partial charge in [0.1, 0.15) is 5.82 Å². The minimum absolute atomic E-state index is 0.107. The van der Waals surface area contributed by atoms with Crippen molar-refractivity contribution in [2.45, 2.75) is 16.5 Å². The summed E-state index contributed by atoms with van der Waals surface area (Å²) >= 11 is 2.57. The van der Waals surface area contributed by atoms with Gasteiger partial charge in [0.15, 0.2) is 10.1 Å². The van der Waals surface area contributed by atoms with E-state index in [2.05, 4.69) is 20.2 Å². The highest BCUT2D eigenvalue weighted by Crippen LogP contribution is 2.31. The Kier molecular flexibility index (Phi) is 6.50. The molecule has 0 aliphatic rings. The lowest BCUT2D eigenvalue weighted by Gasteiger charge is -2.09. The van der Waals surface area contributed by atoms with E-state index < -0.39 is 15.3 Å². The van der Waals surface area contributed by atoms with Gasteiger partial charge in [0.2, 0.25) is 15.2 Å². The third-order valence-corrected chi connectivity index (χ3v) is 6.25. The quantitative estimate of drug-likeness (QED) is 0.391. The monoisotopic (exact) mass is 452 g/mol. The van der Waals surface area contributed by atoms with Gasteiger partial charge in [-0.2, -0.15) is 0 Å². The van der Waals surface area contributed by atoms with E-state index in [1.165, 1.54) is 35.2 Å². The fraction of sp³-hybridized carbons (Fsp3) is 0.167. The van der Waals surface area contributed by atoms with Gasteiger partial charge in [-0.1, -0.05) is 23.1 Å². The predicted octanol–water partition coefficient (Wildman–Crippen LogP) is 4.16. The number of anilines is 3. The number of carbonyl (C=O) groups is 1. The Balaban J connectivity index is 1.61. The van der Waals surface area contributed by atoms with Gasteiger partial charge in [0.25, 0.3) is 0 Å². The summed E-state index contributed by atoms with van der Waals surface area (Å²) in [6, 6.07) is 12.1. The lowest BCUT2D eigenvalue weighted by molar-refractivity contribution is 0.0994. The van der Waals surface area contributed by atoms with E-state index in [1.807, 2.05) is 0 Å². The molecule has 1 aromatic heterocycles. The van der Waals surface area contributed by atoms with Crippen LogP contribution in [0, 0.1) is 5.82 Å². The summed E-state index contributed by atoms with van der Waals surface area (Å²) in [5, 5.41) is 11.3.